The smallest absolute Gasteiger partial charge is 0.255 e. The van der Waals surface area contributed by atoms with E-state index in [0.717, 1.165) is 32.8 Å². The number of hydrogen-bond donors (Lipinski definition) is 2. The molecule has 3 heterocycles. The van der Waals surface area contributed by atoms with E-state index >= 15 is 0 Å². The Labute approximate surface area is 238 Å². The number of β-amino-alcohol motifs (C(OH)–C–C–N with tert-alkyl or cyclic N) is 1. The van der Waals surface area contributed by atoms with Gasteiger partial charge in [0, 0.05) is 36.3 Å². The zero-order chi connectivity index (χ0) is 28.7. The van der Waals surface area contributed by atoms with Crippen LogP contribution in [0.2, 0.25) is 0 Å². The molecule has 2 aromatic carbocycles. The Kier molecular flexibility index (Phi) is 7.61. The number of aliphatic hydroxyl groups excluding tert-OH is 1. The molecular formula is C31H34N4O4S. The van der Waals surface area contributed by atoms with Crippen LogP contribution in [-0.4, -0.2) is 62.3 Å². The monoisotopic (exact) mass is 558 g/mol. The minimum Gasteiger partial charge on any atom is -0.391 e. The van der Waals surface area contributed by atoms with Crippen molar-refractivity contribution in [3.8, 4) is 10.4 Å². The molecule has 1 fully saturated rings. The summed E-state index contributed by atoms with van der Waals surface area (Å²) in [6, 6.07) is 11.7. The number of rotatable bonds is 7. The fraction of sp³-hybridized carbons (Fsp3) is 0.355. The molecule has 2 aliphatic rings. The van der Waals surface area contributed by atoms with E-state index < -0.39 is 24.1 Å². The minimum absolute atomic E-state index is 0.0313. The fourth-order valence-corrected chi connectivity index (χ4v) is 6.58. The van der Waals surface area contributed by atoms with E-state index in [9.17, 15) is 19.5 Å². The Morgan fingerprint density at radius 3 is 2.58 bits per heavy atom. The van der Waals surface area contributed by atoms with Gasteiger partial charge in [-0.25, -0.2) is 4.98 Å². The highest BCUT2D eigenvalue weighted by Crippen LogP contribution is 2.32. The Hall–Kier alpha value is -3.82. The molecule has 5 rings (SSSR count). The van der Waals surface area contributed by atoms with Crippen molar-refractivity contribution in [1.82, 2.24) is 20.1 Å². The summed E-state index contributed by atoms with van der Waals surface area (Å²) in [6.45, 7) is 12.2. The molecule has 0 radical (unpaired) electrons. The molecule has 0 aliphatic carbocycles. The quantitative estimate of drug-likeness (QED) is 0.454. The van der Waals surface area contributed by atoms with E-state index in [1.54, 1.807) is 22.3 Å². The minimum atomic E-state index is -0.875. The number of nitrogens with zero attached hydrogens (tertiary/aromatic N) is 3. The van der Waals surface area contributed by atoms with Crippen molar-refractivity contribution in [3.05, 3.63) is 82.5 Å². The molecule has 9 heteroatoms. The lowest BCUT2D eigenvalue weighted by Crippen LogP contribution is -2.55. The van der Waals surface area contributed by atoms with Gasteiger partial charge in [0.05, 0.1) is 22.2 Å². The molecule has 1 saturated heterocycles. The fourth-order valence-electron chi connectivity index (χ4n) is 5.78. The Balaban J connectivity index is 1.33. The molecule has 1 aromatic heterocycles. The van der Waals surface area contributed by atoms with Crippen LogP contribution in [0.5, 0.6) is 0 Å². The first-order valence-electron chi connectivity index (χ1n) is 13.5. The van der Waals surface area contributed by atoms with Gasteiger partial charge in [0.25, 0.3) is 5.91 Å². The number of aliphatic hydroxyl groups is 1. The number of nitrogens with one attached hydrogen (secondary N) is 1. The largest absolute Gasteiger partial charge is 0.391 e. The number of aryl methyl sites for hydroxylation is 2. The third-order valence-corrected chi connectivity index (χ3v) is 8.75. The zero-order valence-electron chi connectivity index (χ0n) is 23.2. The second-order valence-corrected chi connectivity index (χ2v) is 11.8. The molecule has 0 saturated carbocycles. The first-order valence-corrected chi connectivity index (χ1v) is 14.3. The Bertz CT molecular complexity index is 1500. The van der Waals surface area contributed by atoms with Gasteiger partial charge in [0.15, 0.2) is 0 Å². The van der Waals surface area contributed by atoms with E-state index in [1.165, 1.54) is 4.90 Å². The van der Waals surface area contributed by atoms with Gasteiger partial charge in [0.2, 0.25) is 11.8 Å². The van der Waals surface area contributed by atoms with Crippen LogP contribution in [0.3, 0.4) is 0 Å². The normalized spacial score (nSPS) is 19.2. The maximum atomic E-state index is 13.9. The van der Waals surface area contributed by atoms with Crippen LogP contribution in [0.4, 0.5) is 0 Å². The van der Waals surface area contributed by atoms with Crippen LogP contribution in [-0.2, 0) is 16.1 Å². The molecule has 0 spiro atoms. The van der Waals surface area contributed by atoms with Gasteiger partial charge in [0.1, 0.15) is 12.1 Å². The highest BCUT2D eigenvalue weighted by atomic mass is 32.1. The molecule has 0 unspecified atom stereocenters. The van der Waals surface area contributed by atoms with Gasteiger partial charge in [-0.15, -0.1) is 11.3 Å². The average molecular weight is 559 g/mol. The zero-order valence-corrected chi connectivity index (χ0v) is 24.0. The second-order valence-electron chi connectivity index (χ2n) is 10.9. The van der Waals surface area contributed by atoms with Gasteiger partial charge in [-0.3, -0.25) is 14.4 Å². The Morgan fingerprint density at radius 2 is 1.93 bits per heavy atom. The molecule has 2 aliphatic heterocycles. The van der Waals surface area contributed by atoms with Crippen molar-refractivity contribution in [3.63, 3.8) is 0 Å². The second kappa shape index (κ2) is 11.0. The molecule has 3 atom stereocenters. The van der Waals surface area contributed by atoms with Gasteiger partial charge in [-0.2, -0.15) is 0 Å². The number of carbonyl (C=O) groups is 3. The van der Waals surface area contributed by atoms with Crippen LogP contribution in [0.15, 0.2) is 54.6 Å². The number of carbonyl (C=O) groups excluding carboxylic acids is 3. The van der Waals surface area contributed by atoms with Crippen molar-refractivity contribution in [1.29, 1.82) is 0 Å². The van der Waals surface area contributed by atoms with E-state index in [4.69, 9.17) is 0 Å². The third kappa shape index (κ3) is 5.07. The van der Waals surface area contributed by atoms with Crippen molar-refractivity contribution in [2.45, 2.75) is 58.8 Å². The summed E-state index contributed by atoms with van der Waals surface area (Å²) in [5.74, 6) is -1.12. The molecular weight excluding hydrogens is 524 g/mol. The van der Waals surface area contributed by atoms with Gasteiger partial charge < -0.3 is 20.2 Å². The average Bonchev–Trinajstić information content (AvgIpc) is 3.61. The maximum Gasteiger partial charge on any atom is 0.255 e. The van der Waals surface area contributed by atoms with Crippen molar-refractivity contribution in [2.24, 2.45) is 5.92 Å². The highest BCUT2D eigenvalue weighted by molar-refractivity contribution is 7.13. The number of hydrogen-bond acceptors (Lipinski definition) is 6. The lowest BCUT2D eigenvalue weighted by atomic mass is 10.00. The molecule has 0 bridgehead atoms. The first kappa shape index (κ1) is 27.7. The van der Waals surface area contributed by atoms with Crippen LogP contribution in [0, 0.1) is 19.8 Å². The summed E-state index contributed by atoms with van der Waals surface area (Å²) >= 11 is 1.58. The van der Waals surface area contributed by atoms with Gasteiger partial charge in [-0.1, -0.05) is 50.8 Å². The molecule has 2 N–H and O–H groups in total. The summed E-state index contributed by atoms with van der Waals surface area (Å²) in [5.41, 5.74) is 7.47. The van der Waals surface area contributed by atoms with Gasteiger partial charge >= 0.3 is 0 Å². The van der Waals surface area contributed by atoms with Crippen LogP contribution in [0.1, 0.15) is 53.0 Å². The van der Waals surface area contributed by atoms with Crippen molar-refractivity contribution < 1.29 is 19.5 Å². The van der Waals surface area contributed by atoms with Crippen molar-refractivity contribution >= 4 is 34.8 Å². The van der Waals surface area contributed by atoms with Crippen LogP contribution < -0.4 is 5.32 Å². The summed E-state index contributed by atoms with van der Waals surface area (Å²) in [5, 5.41) is 13.4. The van der Waals surface area contributed by atoms with E-state index in [2.05, 4.69) is 16.9 Å². The number of likely N-dealkylation sites (tertiary alicyclic amines) is 1. The van der Waals surface area contributed by atoms with Crippen LogP contribution >= 0.6 is 11.3 Å². The standard InChI is InChI=1S/C31H34N4O4S/c1-17(2)27(35-14-22-8-6-7-9-25(22)30(35)38)31(39)34-15-23(36)13-26(34)29(37)33-19(4)24-11-10-21(12-18(24)3)28-20(5)32-16-40-28/h6-12,16-17,23,26-27,36H,4,13-15H2,1-3,5H3,(H,33,37)/t23-,26+,27+/m1/s1. The molecule has 8 nitrogen and oxygen atoms in total. The number of aromatic nitrogens is 1. The highest BCUT2D eigenvalue weighted by Gasteiger charge is 2.45. The summed E-state index contributed by atoms with van der Waals surface area (Å²) in [4.78, 5) is 49.1. The maximum absolute atomic E-state index is 13.9. The van der Waals surface area contributed by atoms with Gasteiger partial charge in [-0.05, 0) is 48.6 Å². The number of amides is 3. The van der Waals surface area contributed by atoms with Crippen molar-refractivity contribution in [2.75, 3.05) is 6.54 Å². The number of thiazole rings is 1. The predicted molar refractivity (Wildman–Crippen MR) is 155 cm³/mol. The Morgan fingerprint density at radius 1 is 1.18 bits per heavy atom. The third-order valence-electron chi connectivity index (χ3n) is 7.77. The van der Waals surface area contributed by atoms with Crippen LogP contribution in [0.25, 0.3) is 16.1 Å². The van der Waals surface area contributed by atoms with E-state index in [1.807, 2.05) is 69.6 Å². The van der Waals surface area contributed by atoms with E-state index in [0.29, 0.717) is 17.8 Å². The first-order chi connectivity index (χ1) is 19.1. The summed E-state index contributed by atoms with van der Waals surface area (Å²) in [6.07, 6.45) is -0.720. The molecule has 3 amide bonds. The number of fused-ring (bicyclic) bond motifs is 1. The van der Waals surface area contributed by atoms with E-state index in [-0.39, 0.29) is 30.7 Å². The summed E-state index contributed by atoms with van der Waals surface area (Å²) in [7, 11) is 0. The molecule has 208 valence electrons. The molecule has 40 heavy (non-hydrogen) atoms. The lowest BCUT2D eigenvalue weighted by Gasteiger charge is -2.35. The molecule has 3 aromatic rings. The topological polar surface area (TPSA) is 103 Å². The summed E-state index contributed by atoms with van der Waals surface area (Å²) < 4.78 is 0. The SMILES string of the molecule is C=C(NC(=O)[C@@H]1C[C@@H](O)CN1C(=O)[C@H](C(C)C)N1Cc2ccccc2C1=O)c1ccc(-c2scnc2C)cc1C. The predicted octanol–water partition coefficient (Wildman–Crippen LogP) is 4.16. The number of benzene rings is 2. The lowest BCUT2D eigenvalue weighted by molar-refractivity contribution is -0.143.